The van der Waals surface area contributed by atoms with Gasteiger partial charge < -0.3 is 24.6 Å². The number of β-amino-alcohol motifs (C(OH)–C–C–N with tert-alkyl or cyclic N) is 1. The highest BCUT2D eigenvalue weighted by atomic mass is 35.5. The molecule has 0 bridgehead atoms. The number of aliphatic hydroxyl groups excluding tert-OH is 1. The molecule has 2 heterocycles. The van der Waals surface area contributed by atoms with E-state index >= 15 is 0 Å². The van der Waals surface area contributed by atoms with Crippen molar-refractivity contribution in [2.24, 2.45) is 0 Å². The lowest BCUT2D eigenvalue weighted by Gasteiger charge is -2.23. The number of hydrogen-bond donors (Lipinski definition) is 2. The third-order valence-electron chi connectivity index (χ3n) is 9.21. The van der Waals surface area contributed by atoms with Crippen LogP contribution >= 0.6 is 11.6 Å². The second-order valence-electron chi connectivity index (χ2n) is 12.4. The Kier molecular flexibility index (Phi) is 11.8. The number of carboxylic acid groups (broad SMARTS) is 1. The Balaban J connectivity index is 1.42. The molecule has 1 amide bonds. The minimum Gasteiger partial charge on any atom is -0.488 e. The van der Waals surface area contributed by atoms with E-state index in [1.165, 1.54) is 6.20 Å². The second kappa shape index (κ2) is 16.2. The normalized spacial score (nSPS) is 15.8. The smallest absolute Gasteiger partial charge is 0.321 e. The van der Waals surface area contributed by atoms with E-state index in [2.05, 4.69) is 11.1 Å². The van der Waals surface area contributed by atoms with Crippen molar-refractivity contribution in [3.63, 3.8) is 0 Å². The maximum Gasteiger partial charge on any atom is 0.321 e. The number of aliphatic carboxylic acids is 1. The molecule has 1 fully saturated rings. The molecule has 50 heavy (non-hydrogen) atoms. The molecule has 0 unspecified atom stereocenters. The topological polar surface area (TPSA) is 136 Å². The number of likely N-dealkylation sites (tertiary alicyclic amines) is 1. The first-order valence-electron chi connectivity index (χ1n) is 16.6. The summed E-state index contributed by atoms with van der Waals surface area (Å²) in [5.74, 6) is -0.202. The first-order chi connectivity index (χ1) is 24.0. The number of pyridine rings is 1. The number of benzene rings is 3. The molecule has 1 aliphatic rings. The first-order valence-corrected chi connectivity index (χ1v) is 17.0. The van der Waals surface area contributed by atoms with Crippen LogP contribution in [0.2, 0.25) is 5.02 Å². The highest BCUT2D eigenvalue weighted by molar-refractivity contribution is 6.32. The largest absolute Gasteiger partial charge is 0.488 e. The van der Waals surface area contributed by atoms with Gasteiger partial charge in [0, 0.05) is 67.8 Å². The molecule has 0 aliphatic carbocycles. The predicted molar refractivity (Wildman–Crippen MR) is 190 cm³/mol. The van der Waals surface area contributed by atoms with Gasteiger partial charge in [0.25, 0.3) is 5.91 Å². The molecule has 1 aromatic heterocycles. The fraction of sp³-hybridized carbons (Fsp3) is 0.333. The maximum atomic E-state index is 13.2. The van der Waals surface area contributed by atoms with Gasteiger partial charge in [-0.15, -0.1) is 0 Å². The molecule has 0 spiro atoms. The third-order valence-corrected chi connectivity index (χ3v) is 9.50. The number of halogens is 1. The van der Waals surface area contributed by atoms with E-state index in [-0.39, 0.29) is 38.6 Å². The van der Waals surface area contributed by atoms with Gasteiger partial charge in [0.05, 0.1) is 16.7 Å². The average molecular weight is 697 g/mol. The fourth-order valence-corrected chi connectivity index (χ4v) is 6.63. The molecule has 3 aromatic carbocycles. The second-order valence-corrected chi connectivity index (χ2v) is 12.8. The van der Waals surface area contributed by atoms with Gasteiger partial charge in [-0.25, -0.2) is 0 Å². The number of hydrogen-bond acceptors (Lipinski definition) is 8. The molecule has 11 heteroatoms. The summed E-state index contributed by atoms with van der Waals surface area (Å²) in [6.45, 7) is 9.89. The van der Waals surface area contributed by atoms with Crippen LogP contribution in [0.4, 0.5) is 0 Å². The lowest BCUT2D eigenvalue weighted by atomic mass is 9.91. The monoisotopic (exact) mass is 696 g/mol. The summed E-state index contributed by atoms with van der Waals surface area (Å²) < 4.78 is 12.5. The molecule has 1 saturated heterocycles. The molecule has 0 saturated carbocycles. The number of rotatable bonds is 13. The minimum atomic E-state index is -1.01. The molecule has 2 N–H and O–H groups in total. The van der Waals surface area contributed by atoms with Crippen LogP contribution in [0.3, 0.4) is 0 Å². The maximum absolute atomic E-state index is 13.2. The summed E-state index contributed by atoms with van der Waals surface area (Å²) in [5, 5.41) is 29.6. The van der Waals surface area contributed by atoms with Gasteiger partial charge in [-0.05, 0) is 73.7 Å². The van der Waals surface area contributed by atoms with Crippen LogP contribution in [0, 0.1) is 25.2 Å². The molecular formula is C39H41ClN4O6. The van der Waals surface area contributed by atoms with Crippen molar-refractivity contribution in [2.75, 3.05) is 19.6 Å². The Morgan fingerprint density at radius 2 is 1.68 bits per heavy atom. The Morgan fingerprint density at radius 3 is 2.38 bits per heavy atom. The fourth-order valence-electron chi connectivity index (χ4n) is 6.39. The van der Waals surface area contributed by atoms with E-state index in [0.29, 0.717) is 51.9 Å². The van der Waals surface area contributed by atoms with E-state index in [9.17, 15) is 25.1 Å². The number of nitrogens with zero attached hydrogens (tertiary/aromatic N) is 4. The number of amides is 1. The van der Waals surface area contributed by atoms with Crippen LogP contribution in [-0.2, 0) is 24.6 Å². The van der Waals surface area contributed by atoms with Crippen molar-refractivity contribution in [1.29, 1.82) is 5.26 Å². The number of aromatic nitrogens is 1. The Morgan fingerprint density at radius 1 is 0.980 bits per heavy atom. The highest BCUT2D eigenvalue weighted by Gasteiger charge is 2.36. The highest BCUT2D eigenvalue weighted by Crippen LogP contribution is 2.37. The minimum absolute atomic E-state index is 0.0102. The van der Waals surface area contributed by atoms with Gasteiger partial charge in [-0.3, -0.25) is 19.5 Å². The molecule has 10 nitrogen and oxygen atoms in total. The van der Waals surface area contributed by atoms with Crippen molar-refractivity contribution in [3.05, 3.63) is 111 Å². The molecule has 0 radical (unpaired) electrons. The van der Waals surface area contributed by atoms with Crippen molar-refractivity contribution in [2.45, 2.75) is 66.0 Å². The summed E-state index contributed by atoms with van der Waals surface area (Å²) in [5.41, 5.74) is 7.20. The van der Waals surface area contributed by atoms with Gasteiger partial charge in [-0.2, -0.15) is 5.26 Å². The lowest BCUT2D eigenvalue weighted by Crippen LogP contribution is -2.35. The van der Waals surface area contributed by atoms with E-state index in [4.69, 9.17) is 21.1 Å². The average Bonchev–Trinajstić information content (AvgIpc) is 3.48. The van der Waals surface area contributed by atoms with E-state index < -0.39 is 18.1 Å². The molecule has 4 aromatic rings. The molecule has 5 rings (SSSR count). The standard InChI is InChI=1S/C39H41ClN4O6/c1-5-43(6-2)38(46)33-12-8-11-32(25(33)4)31-10-7-9-28(24(31)3)23-50-37-16-36(49-22-27-13-26(17-41)18-42-19-27)29(14-34(37)40)20-44-21-30(45)15-35(44)39(47)48/h7-14,16,18-19,30,35,45H,5-6,15,20-23H2,1-4H3,(H,47,48)/t30-,35+/m1/s1. The molecular weight excluding hydrogens is 656 g/mol. The summed E-state index contributed by atoms with van der Waals surface area (Å²) in [7, 11) is 0. The van der Waals surface area contributed by atoms with Crippen LogP contribution in [0.25, 0.3) is 11.1 Å². The number of aliphatic hydroxyl groups is 1. The van der Waals surface area contributed by atoms with Crippen molar-refractivity contribution in [3.8, 4) is 28.7 Å². The Bertz CT molecular complexity index is 1920. The van der Waals surface area contributed by atoms with Gasteiger partial charge in [0.1, 0.15) is 36.8 Å². The zero-order chi connectivity index (χ0) is 35.9. The summed E-state index contributed by atoms with van der Waals surface area (Å²) in [6.07, 6.45) is 2.44. The van der Waals surface area contributed by atoms with Crippen molar-refractivity contribution in [1.82, 2.24) is 14.8 Å². The SMILES string of the molecule is CCN(CC)C(=O)c1cccc(-c2cccc(COc3cc(OCc4cncc(C#N)c4)c(CN4C[C@H](O)C[C@H]4C(=O)O)cc3Cl)c2C)c1C. The number of carbonyl (C=O) groups is 2. The van der Waals surface area contributed by atoms with Crippen molar-refractivity contribution < 1.29 is 29.3 Å². The number of carboxylic acids is 1. The van der Waals surface area contributed by atoms with E-state index in [0.717, 1.165) is 27.8 Å². The number of ether oxygens (including phenoxy) is 2. The van der Waals surface area contributed by atoms with Crippen LogP contribution in [0.15, 0.2) is 67.0 Å². The quantitative estimate of drug-likeness (QED) is 0.159. The third kappa shape index (κ3) is 8.08. The Hall–Kier alpha value is -4.95. The van der Waals surface area contributed by atoms with Crippen LogP contribution in [0.1, 0.15) is 64.0 Å². The lowest BCUT2D eigenvalue weighted by molar-refractivity contribution is -0.142. The van der Waals surface area contributed by atoms with Gasteiger partial charge in [0.15, 0.2) is 0 Å². The Labute approximate surface area is 297 Å². The zero-order valence-corrected chi connectivity index (χ0v) is 29.4. The van der Waals surface area contributed by atoms with Gasteiger partial charge >= 0.3 is 5.97 Å². The molecule has 2 atom stereocenters. The van der Waals surface area contributed by atoms with Crippen molar-refractivity contribution >= 4 is 23.5 Å². The zero-order valence-electron chi connectivity index (χ0n) is 28.6. The number of carbonyl (C=O) groups excluding carboxylic acids is 1. The predicted octanol–water partition coefficient (Wildman–Crippen LogP) is 6.55. The van der Waals surface area contributed by atoms with Gasteiger partial charge in [0.2, 0.25) is 0 Å². The number of nitriles is 1. The first kappa shape index (κ1) is 36.3. The van der Waals surface area contributed by atoms with E-state index in [1.54, 1.807) is 29.3 Å². The summed E-state index contributed by atoms with van der Waals surface area (Å²) in [4.78, 5) is 32.8. The molecule has 260 valence electrons. The molecule has 1 aliphatic heterocycles. The van der Waals surface area contributed by atoms with Crippen LogP contribution in [0.5, 0.6) is 11.5 Å². The van der Waals surface area contributed by atoms with Gasteiger partial charge in [-0.1, -0.05) is 41.9 Å². The van der Waals surface area contributed by atoms with E-state index in [1.807, 2.05) is 69.0 Å². The summed E-state index contributed by atoms with van der Waals surface area (Å²) in [6, 6.07) is 18.1. The van der Waals surface area contributed by atoms with Crippen LogP contribution in [-0.4, -0.2) is 68.7 Å². The summed E-state index contributed by atoms with van der Waals surface area (Å²) >= 11 is 6.77. The van der Waals surface area contributed by atoms with Crippen LogP contribution < -0.4 is 9.47 Å².